The number of thiol groups is 1. The van der Waals surface area contributed by atoms with Crippen molar-refractivity contribution in [1.82, 2.24) is 0 Å². The van der Waals surface area contributed by atoms with Crippen LogP contribution in [-0.4, -0.2) is 5.91 Å². The largest absolute Gasteiger partial charge is 1.00 e. The molecule has 1 rings (SSSR count). The predicted octanol–water partition coefficient (Wildman–Crippen LogP) is 2.52. The molecule has 0 aromatic heterocycles. The minimum Gasteiger partial charge on any atom is -0.627 e. The maximum Gasteiger partial charge on any atom is 1.00 e. The summed E-state index contributed by atoms with van der Waals surface area (Å²) in [6, 6.07) is 7.10. The Balaban J connectivity index is 0.00000121. The summed E-state index contributed by atoms with van der Waals surface area (Å²) in [4.78, 5) is 11.4. The topological polar surface area (TPSA) is 31.2 Å². The van der Waals surface area contributed by atoms with Crippen LogP contribution in [0, 0.1) is 0 Å². The zero-order chi connectivity index (χ0) is 8.27. The number of hydrogen-bond donors (Lipinski definition) is 1. The first-order valence-electron chi connectivity index (χ1n) is 3.20. The van der Waals surface area contributed by atoms with E-state index in [2.05, 4.69) is 17.9 Å². The first-order valence-corrected chi connectivity index (χ1v) is 3.64. The predicted molar refractivity (Wildman–Crippen MR) is 47.4 cm³/mol. The van der Waals surface area contributed by atoms with E-state index in [1.807, 2.05) is 0 Å². The number of amides is 1. The van der Waals surface area contributed by atoms with Crippen molar-refractivity contribution in [2.45, 2.75) is 11.8 Å². The number of rotatable bonds is 1. The monoisotopic (exact) mass is 229 g/mol. The maximum atomic E-state index is 10.5. The van der Waals surface area contributed by atoms with Crippen molar-refractivity contribution in [2.75, 3.05) is 0 Å². The summed E-state index contributed by atoms with van der Waals surface area (Å²) in [6.45, 7) is 1.43. The first kappa shape index (κ1) is 11.6. The molecule has 0 bridgehead atoms. The molecular formula is C8H8CuNOS. The summed E-state index contributed by atoms with van der Waals surface area (Å²) in [5.41, 5.74) is 0.676. The summed E-state index contributed by atoms with van der Waals surface area (Å²) in [5.74, 6) is -0.183. The smallest absolute Gasteiger partial charge is 0.627 e. The second kappa shape index (κ2) is 5.25. The summed E-state index contributed by atoms with van der Waals surface area (Å²) in [5, 5.41) is 3.73. The third-order valence-electron chi connectivity index (χ3n) is 1.14. The van der Waals surface area contributed by atoms with Gasteiger partial charge in [-0.2, -0.15) is 0 Å². The van der Waals surface area contributed by atoms with Crippen LogP contribution in [0.4, 0.5) is 5.69 Å². The van der Waals surface area contributed by atoms with Crippen molar-refractivity contribution >= 4 is 24.2 Å². The van der Waals surface area contributed by atoms with Crippen molar-refractivity contribution in [3.63, 3.8) is 0 Å². The molecule has 1 amide bonds. The normalized spacial score (nSPS) is 8.50. The molecule has 0 radical (unpaired) electrons. The van der Waals surface area contributed by atoms with Crippen LogP contribution in [0.1, 0.15) is 6.92 Å². The van der Waals surface area contributed by atoms with Crippen LogP contribution in [0.3, 0.4) is 0 Å². The molecule has 0 atom stereocenters. The molecule has 1 aromatic rings. The molecule has 0 aliphatic carbocycles. The number of carbonyl (C=O) groups is 1. The molecule has 0 saturated heterocycles. The van der Waals surface area contributed by atoms with Gasteiger partial charge in [0.1, 0.15) is 0 Å². The minimum absolute atomic E-state index is 0. The number of carbonyl (C=O) groups excluding carboxylic acids is 1. The Bertz CT molecular complexity index is 260. The average molecular weight is 230 g/mol. The molecule has 4 heteroatoms. The van der Waals surface area contributed by atoms with Crippen molar-refractivity contribution in [2.24, 2.45) is 0 Å². The standard InChI is InChI=1S/C8H9NOS.Cu/c1-6(10)9-7-2-4-8(11)5-3-7;/h2-5H,1H3,(H2,9,10,11);/q;+1/p-1. The van der Waals surface area contributed by atoms with Crippen molar-refractivity contribution in [3.05, 3.63) is 29.6 Å². The molecule has 68 valence electrons. The average Bonchev–Trinajstić information content (AvgIpc) is 1.93. The molecule has 0 unspecified atom stereocenters. The van der Waals surface area contributed by atoms with Gasteiger partial charge in [0.05, 0.1) is 5.91 Å². The van der Waals surface area contributed by atoms with Crippen LogP contribution < -0.4 is 0 Å². The fraction of sp³-hybridized carbons (Fsp3) is 0.125. The summed E-state index contributed by atoms with van der Waals surface area (Å²) < 4.78 is 0. The quantitative estimate of drug-likeness (QED) is 0.583. The third kappa shape index (κ3) is 3.81. The van der Waals surface area contributed by atoms with E-state index in [4.69, 9.17) is 0 Å². The van der Waals surface area contributed by atoms with Crippen LogP contribution in [0.15, 0.2) is 29.2 Å². The van der Waals surface area contributed by atoms with E-state index in [0.29, 0.717) is 5.69 Å². The van der Waals surface area contributed by atoms with Gasteiger partial charge in [-0.25, -0.2) is 0 Å². The first-order chi connectivity index (χ1) is 5.18. The SMILES string of the molecule is CC(=O)[N-]c1ccc(S)cc1.[Cu+]. The summed E-state index contributed by atoms with van der Waals surface area (Å²) >= 11 is 4.10. The van der Waals surface area contributed by atoms with Crippen LogP contribution in [0.2, 0.25) is 0 Å². The molecule has 1 aromatic carbocycles. The van der Waals surface area contributed by atoms with Gasteiger partial charge in [-0.3, -0.25) is 0 Å². The van der Waals surface area contributed by atoms with Gasteiger partial charge in [0.25, 0.3) is 0 Å². The molecule has 0 fully saturated rings. The van der Waals surface area contributed by atoms with Gasteiger partial charge in [0.15, 0.2) is 0 Å². The minimum atomic E-state index is -0.183. The van der Waals surface area contributed by atoms with Gasteiger partial charge in [-0.15, -0.1) is 18.3 Å². The number of benzene rings is 1. The fourth-order valence-corrected chi connectivity index (χ4v) is 0.858. The Morgan fingerprint density at radius 3 is 2.25 bits per heavy atom. The molecule has 0 N–H and O–H groups in total. The summed E-state index contributed by atoms with van der Waals surface area (Å²) in [7, 11) is 0. The fourth-order valence-electron chi connectivity index (χ4n) is 0.709. The van der Waals surface area contributed by atoms with E-state index in [9.17, 15) is 4.79 Å². The summed E-state index contributed by atoms with van der Waals surface area (Å²) in [6.07, 6.45) is 0. The molecular weight excluding hydrogens is 222 g/mol. The molecule has 0 aliphatic heterocycles. The van der Waals surface area contributed by atoms with Crippen molar-refractivity contribution in [1.29, 1.82) is 0 Å². The van der Waals surface area contributed by atoms with E-state index >= 15 is 0 Å². The van der Waals surface area contributed by atoms with E-state index in [0.717, 1.165) is 4.90 Å². The zero-order valence-electron chi connectivity index (χ0n) is 6.41. The molecule has 0 spiro atoms. The number of hydrogen-bond acceptors (Lipinski definition) is 2. The van der Waals surface area contributed by atoms with Crippen LogP contribution in [-0.2, 0) is 21.9 Å². The van der Waals surface area contributed by atoms with Gasteiger partial charge in [-0.05, 0) is 6.92 Å². The molecule has 12 heavy (non-hydrogen) atoms. The molecule has 0 heterocycles. The van der Waals surface area contributed by atoms with Gasteiger partial charge in [0, 0.05) is 4.90 Å². The Labute approximate surface area is 87.6 Å². The van der Waals surface area contributed by atoms with Crippen LogP contribution >= 0.6 is 12.6 Å². The Kier molecular flexibility index (Phi) is 5.06. The molecule has 0 saturated carbocycles. The van der Waals surface area contributed by atoms with Gasteiger partial charge >= 0.3 is 17.1 Å². The van der Waals surface area contributed by atoms with Crippen LogP contribution in [0.25, 0.3) is 5.32 Å². The zero-order valence-corrected chi connectivity index (χ0v) is 8.25. The Morgan fingerprint density at radius 1 is 1.33 bits per heavy atom. The number of nitrogens with zero attached hydrogens (tertiary/aromatic N) is 1. The van der Waals surface area contributed by atoms with E-state index < -0.39 is 0 Å². The van der Waals surface area contributed by atoms with Crippen molar-refractivity contribution in [3.8, 4) is 0 Å². The van der Waals surface area contributed by atoms with E-state index in [1.165, 1.54) is 6.92 Å². The van der Waals surface area contributed by atoms with E-state index in [1.54, 1.807) is 24.3 Å². The molecule has 2 nitrogen and oxygen atoms in total. The molecule has 0 aliphatic rings. The van der Waals surface area contributed by atoms with Gasteiger partial charge in [-0.1, -0.05) is 24.3 Å². The van der Waals surface area contributed by atoms with Crippen molar-refractivity contribution < 1.29 is 21.9 Å². The van der Waals surface area contributed by atoms with Gasteiger partial charge in [0.2, 0.25) is 0 Å². The Hall–Kier alpha value is -0.441. The second-order valence-corrected chi connectivity index (χ2v) is 2.66. The third-order valence-corrected chi connectivity index (χ3v) is 1.43. The second-order valence-electron chi connectivity index (χ2n) is 2.15. The van der Waals surface area contributed by atoms with E-state index in [-0.39, 0.29) is 23.0 Å². The van der Waals surface area contributed by atoms with Crippen LogP contribution in [0.5, 0.6) is 0 Å². The maximum absolute atomic E-state index is 10.5. The van der Waals surface area contributed by atoms with Gasteiger partial charge < -0.3 is 10.1 Å². The Morgan fingerprint density at radius 2 is 1.83 bits per heavy atom.